The average Bonchev–Trinajstić information content (AvgIpc) is 2.46. The number of ether oxygens (including phenoxy) is 1. The Morgan fingerprint density at radius 3 is 2.70 bits per heavy atom. The number of unbranched alkanes of at least 4 members (excludes halogenated alkanes) is 1. The topological polar surface area (TPSA) is 68.3 Å². The van der Waals surface area contributed by atoms with Gasteiger partial charge in [0.15, 0.2) is 0 Å². The van der Waals surface area contributed by atoms with Crippen LogP contribution in [0.4, 0.5) is 5.82 Å². The number of pyridine rings is 1. The van der Waals surface area contributed by atoms with Crippen LogP contribution in [0.5, 0.6) is 0 Å². The van der Waals surface area contributed by atoms with Crippen molar-refractivity contribution in [3.63, 3.8) is 0 Å². The Hall–Kier alpha value is -1.43. The molecule has 1 atom stereocenters. The molecule has 0 fully saturated rings. The molecule has 1 unspecified atom stereocenters. The summed E-state index contributed by atoms with van der Waals surface area (Å²) in [4.78, 5) is 16.0. The molecule has 5 nitrogen and oxygen atoms in total. The highest BCUT2D eigenvalue weighted by atomic mass is 32.2. The quantitative estimate of drug-likeness (QED) is 0.590. The van der Waals surface area contributed by atoms with Gasteiger partial charge in [0.25, 0.3) is 0 Å². The van der Waals surface area contributed by atoms with Crippen LogP contribution in [-0.4, -0.2) is 34.6 Å². The minimum absolute atomic E-state index is 0.376. The maximum Gasteiger partial charge on any atom is 0.338 e. The molecule has 0 aliphatic heterocycles. The first-order valence-electron chi connectivity index (χ1n) is 6.85. The van der Waals surface area contributed by atoms with Gasteiger partial charge in [-0.25, -0.2) is 9.78 Å². The fourth-order valence-electron chi connectivity index (χ4n) is 1.63. The zero-order valence-corrected chi connectivity index (χ0v) is 13.1. The van der Waals surface area contributed by atoms with Gasteiger partial charge < -0.3 is 10.1 Å². The van der Waals surface area contributed by atoms with Crippen molar-refractivity contribution < 1.29 is 13.7 Å². The molecule has 0 saturated heterocycles. The summed E-state index contributed by atoms with van der Waals surface area (Å²) in [6.07, 6.45) is 2.88. The summed E-state index contributed by atoms with van der Waals surface area (Å²) in [6, 6.07) is 3.18. The number of methoxy groups -OCH3 is 1. The highest BCUT2D eigenvalue weighted by molar-refractivity contribution is 7.84. The van der Waals surface area contributed by atoms with Crippen molar-refractivity contribution in [1.82, 2.24) is 4.98 Å². The predicted octanol–water partition coefficient (Wildman–Crippen LogP) is 2.60. The van der Waals surface area contributed by atoms with E-state index < -0.39 is 16.8 Å². The van der Waals surface area contributed by atoms with Gasteiger partial charge in [-0.2, -0.15) is 0 Å². The Morgan fingerprint density at radius 2 is 2.10 bits per heavy atom. The Bertz CT molecular complexity index is 477. The molecule has 6 heteroatoms. The van der Waals surface area contributed by atoms with E-state index in [4.69, 9.17) is 4.74 Å². The number of nitrogens with zero attached hydrogens (tertiary/aromatic N) is 1. The van der Waals surface area contributed by atoms with Gasteiger partial charge in [0.2, 0.25) is 0 Å². The molecular formula is C14H22N2O3S. The second-order valence-corrected chi connectivity index (χ2v) is 5.92. The number of carbonyl (C=O) groups excluding carboxylic acids is 1. The highest BCUT2D eigenvalue weighted by Crippen LogP contribution is 2.15. The zero-order chi connectivity index (χ0) is 15.0. The van der Waals surface area contributed by atoms with Crippen LogP contribution in [0.25, 0.3) is 0 Å². The van der Waals surface area contributed by atoms with Gasteiger partial charge in [-0.3, -0.25) is 4.21 Å². The second kappa shape index (κ2) is 8.68. The average molecular weight is 298 g/mol. The zero-order valence-electron chi connectivity index (χ0n) is 12.3. The molecule has 0 bridgehead atoms. The van der Waals surface area contributed by atoms with Crippen LogP contribution in [0.1, 0.15) is 43.5 Å². The lowest BCUT2D eigenvalue weighted by atomic mass is 10.2. The molecule has 0 amide bonds. The van der Waals surface area contributed by atoms with Crippen LogP contribution in [0.3, 0.4) is 0 Å². The molecule has 20 heavy (non-hydrogen) atoms. The molecule has 0 saturated carbocycles. The number of esters is 1. The Labute approximate surface area is 122 Å². The lowest BCUT2D eigenvalue weighted by molar-refractivity contribution is 0.0600. The predicted molar refractivity (Wildman–Crippen MR) is 80.5 cm³/mol. The molecule has 1 N–H and O–H groups in total. The molecule has 112 valence electrons. The van der Waals surface area contributed by atoms with Crippen LogP contribution in [0, 0.1) is 0 Å². The number of anilines is 1. The van der Waals surface area contributed by atoms with E-state index in [0.717, 1.165) is 25.8 Å². The van der Waals surface area contributed by atoms with Crippen LogP contribution < -0.4 is 5.32 Å². The van der Waals surface area contributed by atoms with Gasteiger partial charge in [0.1, 0.15) is 10.8 Å². The van der Waals surface area contributed by atoms with E-state index in [1.54, 1.807) is 12.1 Å². The molecule has 1 heterocycles. The van der Waals surface area contributed by atoms with Gasteiger partial charge in [-0.15, -0.1) is 0 Å². The monoisotopic (exact) mass is 298 g/mol. The molecule has 0 aliphatic carbocycles. The molecule has 0 aliphatic rings. The van der Waals surface area contributed by atoms with Crippen molar-refractivity contribution in [3.05, 3.63) is 17.7 Å². The van der Waals surface area contributed by atoms with Crippen molar-refractivity contribution in [2.24, 2.45) is 0 Å². The third-order valence-electron chi connectivity index (χ3n) is 2.68. The summed E-state index contributed by atoms with van der Waals surface area (Å²) in [5.74, 6) is 0.660. The smallest absolute Gasteiger partial charge is 0.338 e. The van der Waals surface area contributed by atoms with E-state index in [-0.39, 0.29) is 0 Å². The van der Waals surface area contributed by atoms with Crippen molar-refractivity contribution in [2.75, 3.05) is 24.7 Å². The highest BCUT2D eigenvalue weighted by Gasteiger charge is 2.13. The second-order valence-electron chi connectivity index (χ2n) is 4.40. The first kappa shape index (κ1) is 16.6. The first-order chi connectivity index (χ1) is 9.62. The summed E-state index contributed by atoms with van der Waals surface area (Å²) >= 11 is 0. The number of aromatic nitrogens is 1. The van der Waals surface area contributed by atoms with Crippen LogP contribution in [0.15, 0.2) is 17.2 Å². The standard InChI is InChI=1S/C14H22N2O3S/c1-4-6-7-15-12-9-11(14(17)19-3)10-13(16-12)20(18)8-5-2/h9-10H,4-8H2,1-3H3,(H,15,16). The van der Waals surface area contributed by atoms with Gasteiger partial charge in [-0.1, -0.05) is 20.3 Å². The van der Waals surface area contributed by atoms with Crippen molar-refractivity contribution >= 4 is 22.6 Å². The molecule has 1 aromatic heterocycles. The molecule has 1 rings (SSSR count). The van der Waals surface area contributed by atoms with Crippen molar-refractivity contribution in [1.29, 1.82) is 0 Å². The molecule has 0 radical (unpaired) electrons. The number of hydrogen-bond acceptors (Lipinski definition) is 5. The first-order valence-corrected chi connectivity index (χ1v) is 8.16. The van der Waals surface area contributed by atoms with Gasteiger partial charge in [0.05, 0.1) is 23.5 Å². The Balaban J connectivity index is 3.01. The summed E-state index contributed by atoms with van der Waals surface area (Å²) in [7, 11) is 0.140. The fourth-order valence-corrected chi connectivity index (χ4v) is 2.67. The summed E-state index contributed by atoms with van der Waals surface area (Å²) in [5, 5.41) is 3.57. The van der Waals surface area contributed by atoms with Gasteiger partial charge in [-0.05, 0) is 25.0 Å². The van der Waals surface area contributed by atoms with E-state index in [1.165, 1.54) is 7.11 Å². The maximum atomic E-state index is 12.1. The van der Waals surface area contributed by atoms with Gasteiger partial charge >= 0.3 is 5.97 Å². The lowest BCUT2D eigenvalue weighted by Crippen LogP contribution is -2.10. The third kappa shape index (κ3) is 4.92. The molecular weight excluding hydrogens is 276 g/mol. The number of carbonyl (C=O) groups is 1. The third-order valence-corrected chi connectivity index (χ3v) is 4.14. The fraction of sp³-hybridized carbons (Fsp3) is 0.571. The van der Waals surface area contributed by atoms with E-state index in [0.29, 0.717) is 22.2 Å². The minimum atomic E-state index is -1.19. The summed E-state index contributed by atoms with van der Waals surface area (Å²) in [6.45, 7) is 4.83. The van der Waals surface area contributed by atoms with Crippen LogP contribution in [-0.2, 0) is 15.5 Å². The van der Waals surface area contributed by atoms with Crippen LogP contribution >= 0.6 is 0 Å². The minimum Gasteiger partial charge on any atom is -0.465 e. The van der Waals surface area contributed by atoms with Crippen LogP contribution in [0.2, 0.25) is 0 Å². The lowest BCUT2D eigenvalue weighted by Gasteiger charge is -2.09. The van der Waals surface area contributed by atoms with Crippen molar-refractivity contribution in [3.8, 4) is 0 Å². The summed E-state index contributed by atoms with van der Waals surface area (Å²) < 4.78 is 16.8. The normalized spacial score (nSPS) is 11.9. The number of nitrogens with one attached hydrogen (secondary N) is 1. The maximum absolute atomic E-state index is 12.1. The van der Waals surface area contributed by atoms with E-state index in [1.807, 2.05) is 6.92 Å². The van der Waals surface area contributed by atoms with Gasteiger partial charge in [0, 0.05) is 12.3 Å². The number of rotatable bonds is 8. The van der Waals surface area contributed by atoms with E-state index >= 15 is 0 Å². The molecule has 1 aromatic rings. The summed E-state index contributed by atoms with van der Waals surface area (Å²) in [5.41, 5.74) is 0.376. The molecule has 0 aromatic carbocycles. The Morgan fingerprint density at radius 1 is 1.35 bits per heavy atom. The largest absolute Gasteiger partial charge is 0.465 e. The van der Waals surface area contributed by atoms with E-state index in [9.17, 15) is 9.00 Å². The molecule has 0 spiro atoms. The number of hydrogen-bond donors (Lipinski definition) is 1. The Kier molecular flexibility index (Phi) is 7.22. The SMILES string of the molecule is CCCCNc1cc(C(=O)OC)cc(S(=O)CCC)n1. The van der Waals surface area contributed by atoms with Crippen molar-refractivity contribution in [2.45, 2.75) is 38.1 Å². The van der Waals surface area contributed by atoms with E-state index in [2.05, 4.69) is 17.2 Å².